The van der Waals surface area contributed by atoms with Crippen LogP contribution < -0.4 is 10.6 Å². The lowest BCUT2D eigenvalue weighted by molar-refractivity contribution is -0.115. The third kappa shape index (κ3) is 5.82. The van der Waals surface area contributed by atoms with Gasteiger partial charge < -0.3 is 10.6 Å². The highest BCUT2D eigenvalue weighted by Crippen LogP contribution is 2.27. The van der Waals surface area contributed by atoms with Gasteiger partial charge in [0, 0.05) is 11.1 Å². The quantitative estimate of drug-likeness (QED) is 0.682. The molecule has 148 valence electrons. The van der Waals surface area contributed by atoms with Crippen LogP contribution in [0.2, 0.25) is 5.02 Å². The Morgan fingerprint density at radius 3 is 2.32 bits per heavy atom. The van der Waals surface area contributed by atoms with Crippen molar-refractivity contribution >= 4 is 23.2 Å². The number of carbonyl (C=O) groups is 1. The van der Waals surface area contributed by atoms with E-state index >= 15 is 0 Å². The molecule has 0 saturated carbocycles. The summed E-state index contributed by atoms with van der Waals surface area (Å²) in [6.45, 7) is 11.0. The molecule has 5 heteroatoms. The highest BCUT2D eigenvalue weighted by Gasteiger charge is 2.19. The molecule has 1 atom stereocenters. The van der Waals surface area contributed by atoms with E-state index in [-0.39, 0.29) is 23.9 Å². The van der Waals surface area contributed by atoms with Crippen molar-refractivity contribution in [2.75, 3.05) is 11.9 Å². The van der Waals surface area contributed by atoms with Crippen LogP contribution in [0.3, 0.4) is 0 Å². The highest BCUT2D eigenvalue weighted by atomic mass is 35.5. The molecule has 0 aromatic heterocycles. The summed E-state index contributed by atoms with van der Waals surface area (Å²) in [4.78, 5) is 12.4. The van der Waals surface area contributed by atoms with Crippen LogP contribution >= 0.6 is 11.6 Å². The first-order valence-corrected chi connectivity index (χ1v) is 9.83. The van der Waals surface area contributed by atoms with E-state index in [1.54, 1.807) is 18.2 Å². The maximum atomic E-state index is 12.4. The number of nitrogens with zero attached hydrogens (tertiary/aromatic N) is 1. The largest absolute Gasteiger partial charge is 0.324 e. The minimum atomic E-state index is -0.212. The number of hydrogen-bond acceptors (Lipinski definition) is 3. The Morgan fingerprint density at radius 2 is 1.79 bits per heavy atom. The van der Waals surface area contributed by atoms with Crippen molar-refractivity contribution in [1.29, 1.82) is 5.26 Å². The second kappa shape index (κ2) is 9.23. The molecule has 0 fully saturated rings. The summed E-state index contributed by atoms with van der Waals surface area (Å²) < 4.78 is 0. The van der Waals surface area contributed by atoms with Crippen LogP contribution in [0.15, 0.2) is 42.5 Å². The monoisotopic (exact) mass is 397 g/mol. The molecule has 0 aliphatic heterocycles. The molecule has 28 heavy (non-hydrogen) atoms. The molecule has 1 amide bonds. The van der Waals surface area contributed by atoms with E-state index < -0.39 is 0 Å². The average molecular weight is 398 g/mol. The Balaban J connectivity index is 2.07. The van der Waals surface area contributed by atoms with Gasteiger partial charge in [-0.2, -0.15) is 5.26 Å². The van der Waals surface area contributed by atoms with Gasteiger partial charge in [0.05, 0.1) is 17.8 Å². The third-order valence-corrected chi connectivity index (χ3v) is 4.90. The number of hydrogen-bond donors (Lipinski definition) is 2. The summed E-state index contributed by atoms with van der Waals surface area (Å²) in [7, 11) is 0. The Kier molecular flexibility index (Phi) is 7.23. The minimum Gasteiger partial charge on any atom is -0.324 e. The number of amides is 1. The number of nitrogens with one attached hydrogen (secondary N) is 2. The summed E-state index contributed by atoms with van der Waals surface area (Å²) >= 11 is 5.97. The van der Waals surface area contributed by atoms with Gasteiger partial charge in [0.25, 0.3) is 0 Å². The number of benzene rings is 2. The number of anilines is 1. The van der Waals surface area contributed by atoms with E-state index in [2.05, 4.69) is 75.6 Å². The fourth-order valence-electron chi connectivity index (χ4n) is 3.04. The van der Waals surface area contributed by atoms with Crippen LogP contribution in [0.4, 0.5) is 5.69 Å². The van der Waals surface area contributed by atoms with Gasteiger partial charge in [0.2, 0.25) is 5.91 Å². The topological polar surface area (TPSA) is 64.9 Å². The predicted octanol–water partition coefficient (Wildman–Crippen LogP) is 5.43. The lowest BCUT2D eigenvalue weighted by Crippen LogP contribution is -2.33. The highest BCUT2D eigenvalue weighted by molar-refractivity contribution is 6.31. The lowest BCUT2D eigenvalue weighted by atomic mass is 9.85. The van der Waals surface area contributed by atoms with Crippen LogP contribution in [0, 0.1) is 17.2 Å². The van der Waals surface area contributed by atoms with Gasteiger partial charge in [-0.1, -0.05) is 70.5 Å². The fraction of sp³-hybridized carbons (Fsp3) is 0.391. The molecule has 0 aliphatic rings. The van der Waals surface area contributed by atoms with Gasteiger partial charge in [-0.3, -0.25) is 4.79 Å². The SMILES string of the molecule is CC(C)C(NCC(=O)Nc1cc(Cl)ccc1C#N)c1ccc(C(C)(C)C)cc1. The molecule has 0 aliphatic carbocycles. The normalized spacial score (nSPS) is 12.5. The number of halogens is 1. The molecule has 2 N–H and O–H groups in total. The third-order valence-electron chi connectivity index (χ3n) is 4.66. The molecule has 0 bridgehead atoms. The number of nitriles is 1. The molecule has 0 radical (unpaired) electrons. The Morgan fingerprint density at radius 1 is 1.14 bits per heavy atom. The van der Waals surface area contributed by atoms with Crippen LogP contribution in [0.25, 0.3) is 0 Å². The molecule has 0 spiro atoms. The van der Waals surface area contributed by atoms with E-state index in [4.69, 9.17) is 11.6 Å². The van der Waals surface area contributed by atoms with E-state index in [0.717, 1.165) is 5.56 Å². The van der Waals surface area contributed by atoms with Gasteiger partial charge in [-0.15, -0.1) is 0 Å². The first kappa shape index (κ1) is 21.9. The maximum absolute atomic E-state index is 12.4. The van der Waals surface area contributed by atoms with E-state index in [0.29, 0.717) is 22.2 Å². The molecule has 0 heterocycles. The summed E-state index contributed by atoms with van der Waals surface area (Å²) in [5, 5.41) is 15.8. The number of carbonyl (C=O) groups excluding carboxylic acids is 1. The fourth-order valence-corrected chi connectivity index (χ4v) is 3.22. The van der Waals surface area contributed by atoms with E-state index in [1.807, 2.05) is 0 Å². The zero-order valence-electron chi connectivity index (χ0n) is 17.1. The summed E-state index contributed by atoms with van der Waals surface area (Å²) in [5.74, 6) is 0.102. The maximum Gasteiger partial charge on any atom is 0.238 e. The van der Waals surface area contributed by atoms with E-state index in [1.165, 1.54) is 5.56 Å². The van der Waals surface area contributed by atoms with Gasteiger partial charge in [0.15, 0.2) is 0 Å². The van der Waals surface area contributed by atoms with Crippen molar-refractivity contribution in [1.82, 2.24) is 5.32 Å². The van der Waals surface area contributed by atoms with E-state index in [9.17, 15) is 10.1 Å². The molecular formula is C23H28ClN3O. The minimum absolute atomic E-state index is 0.0505. The zero-order chi connectivity index (χ0) is 20.9. The molecule has 1 unspecified atom stereocenters. The lowest BCUT2D eigenvalue weighted by Gasteiger charge is -2.25. The van der Waals surface area contributed by atoms with Crippen LogP contribution in [0.1, 0.15) is 57.4 Å². The average Bonchev–Trinajstić information content (AvgIpc) is 2.61. The second-order valence-corrected chi connectivity index (χ2v) is 8.76. The van der Waals surface area contributed by atoms with Crippen molar-refractivity contribution in [2.45, 2.75) is 46.1 Å². The van der Waals surface area contributed by atoms with Gasteiger partial charge in [-0.05, 0) is 40.7 Å². The molecule has 2 rings (SSSR count). The Labute approximate surface area is 172 Å². The van der Waals surface area contributed by atoms with Crippen LogP contribution in [-0.4, -0.2) is 12.5 Å². The second-order valence-electron chi connectivity index (χ2n) is 8.32. The molecular weight excluding hydrogens is 370 g/mol. The van der Waals surface area contributed by atoms with Crippen LogP contribution in [0.5, 0.6) is 0 Å². The van der Waals surface area contributed by atoms with Crippen molar-refractivity contribution in [3.05, 3.63) is 64.2 Å². The predicted molar refractivity (Wildman–Crippen MR) is 116 cm³/mol. The number of rotatable bonds is 6. The molecule has 0 saturated heterocycles. The Bertz CT molecular complexity index is 861. The van der Waals surface area contributed by atoms with Crippen LogP contribution in [-0.2, 0) is 10.2 Å². The van der Waals surface area contributed by atoms with Crippen molar-refractivity contribution in [3.8, 4) is 6.07 Å². The first-order valence-electron chi connectivity index (χ1n) is 9.45. The standard InChI is InChI=1S/C23H28ClN3O/c1-15(2)22(16-6-9-18(10-7-16)23(3,4)5)26-14-21(28)27-20-12-19(24)11-8-17(20)13-25/h6-12,15,22,26H,14H2,1-5H3,(H,27,28). The van der Waals surface area contributed by atoms with Gasteiger partial charge >= 0.3 is 0 Å². The van der Waals surface area contributed by atoms with Gasteiger partial charge in [0.1, 0.15) is 6.07 Å². The summed E-state index contributed by atoms with van der Waals surface area (Å²) in [6, 6.07) is 15.5. The molecule has 2 aromatic carbocycles. The van der Waals surface area contributed by atoms with Gasteiger partial charge in [-0.25, -0.2) is 0 Å². The first-order chi connectivity index (χ1) is 13.1. The summed E-state index contributed by atoms with van der Waals surface area (Å²) in [5.41, 5.74) is 3.35. The van der Waals surface area contributed by atoms with Crippen molar-refractivity contribution in [3.63, 3.8) is 0 Å². The molecule has 4 nitrogen and oxygen atoms in total. The Hall–Kier alpha value is -2.35. The van der Waals surface area contributed by atoms with Crippen molar-refractivity contribution in [2.24, 2.45) is 5.92 Å². The smallest absolute Gasteiger partial charge is 0.238 e. The summed E-state index contributed by atoms with van der Waals surface area (Å²) in [6.07, 6.45) is 0. The zero-order valence-corrected chi connectivity index (χ0v) is 17.9. The van der Waals surface area contributed by atoms with Crippen molar-refractivity contribution < 1.29 is 4.79 Å². The molecule has 2 aromatic rings.